The van der Waals surface area contributed by atoms with Gasteiger partial charge in [-0.2, -0.15) is 0 Å². The van der Waals surface area contributed by atoms with Gasteiger partial charge in [-0.15, -0.1) is 11.3 Å². The number of amides is 1. The molecule has 1 N–H and O–H groups in total. The summed E-state index contributed by atoms with van der Waals surface area (Å²) in [6.45, 7) is 1.43. The Bertz CT molecular complexity index is 669. The molecule has 20 heavy (non-hydrogen) atoms. The zero-order chi connectivity index (χ0) is 14.7. The highest BCUT2D eigenvalue weighted by molar-refractivity contribution is 9.10. The van der Waals surface area contributed by atoms with Gasteiger partial charge in [-0.05, 0) is 34.1 Å². The Kier molecular flexibility index (Phi) is 4.51. The Labute approximate surface area is 128 Å². The number of rotatable bonds is 4. The van der Waals surface area contributed by atoms with E-state index in [1.807, 2.05) is 0 Å². The van der Waals surface area contributed by atoms with Crippen LogP contribution in [0.5, 0.6) is 5.75 Å². The molecule has 5 nitrogen and oxygen atoms in total. The summed E-state index contributed by atoms with van der Waals surface area (Å²) in [6, 6.07) is 5.10. The normalized spacial score (nSPS) is 10.2. The highest BCUT2D eigenvalue weighted by Gasteiger charge is 2.14. The molecule has 1 amide bonds. The molecule has 0 aliphatic heterocycles. The molecule has 0 saturated carbocycles. The first-order valence-corrected chi connectivity index (χ1v) is 7.30. The van der Waals surface area contributed by atoms with Crippen LogP contribution in [0, 0.1) is 0 Å². The van der Waals surface area contributed by atoms with E-state index >= 15 is 0 Å². The molecule has 0 spiro atoms. The minimum Gasteiger partial charge on any atom is -0.497 e. The maximum Gasteiger partial charge on any atom is 0.258 e. The second kappa shape index (κ2) is 6.15. The van der Waals surface area contributed by atoms with E-state index < -0.39 is 0 Å². The number of carbonyl (C=O) groups is 2. The number of ether oxygens (including phenoxy) is 1. The summed E-state index contributed by atoms with van der Waals surface area (Å²) in [5.74, 6) is 0.131. The number of thiazole rings is 1. The van der Waals surface area contributed by atoms with Gasteiger partial charge in [0.15, 0.2) is 10.9 Å². The van der Waals surface area contributed by atoms with Gasteiger partial charge in [-0.1, -0.05) is 0 Å². The van der Waals surface area contributed by atoms with Crippen molar-refractivity contribution >= 4 is 44.1 Å². The highest BCUT2D eigenvalue weighted by Crippen LogP contribution is 2.24. The van der Waals surface area contributed by atoms with Crippen LogP contribution >= 0.6 is 27.3 Å². The number of Topliss-reactive ketones (excluding diaryl/α,β-unsaturated/α-hetero) is 1. The summed E-state index contributed by atoms with van der Waals surface area (Å²) in [4.78, 5) is 27.4. The summed E-state index contributed by atoms with van der Waals surface area (Å²) in [5.41, 5.74) is 0.777. The number of anilines is 1. The summed E-state index contributed by atoms with van der Waals surface area (Å²) in [7, 11) is 1.53. The second-order valence-corrected chi connectivity index (χ2v) is 5.61. The Morgan fingerprint density at radius 2 is 2.15 bits per heavy atom. The topological polar surface area (TPSA) is 68.3 Å². The van der Waals surface area contributed by atoms with Crippen molar-refractivity contribution < 1.29 is 14.3 Å². The molecule has 7 heteroatoms. The van der Waals surface area contributed by atoms with E-state index in [0.29, 0.717) is 26.6 Å². The number of hydrogen-bond donors (Lipinski definition) is 1. The predicted molar refractivity (Wildman–Crippen MR) is 80.8 cm³/mol. The van der Waals surface area contributed by atoms with E-state index in [-0.39, 0.29) is 11.7 Å². The summed E-state index contributed by atoms with van der Waals surface area (Å²) >= 11 is 4.52. The van der Waals surface area contributed by atoms with Gasteiger partial charge in [0, 0.05) is 16.8 Å². The van der Waals surface area contributed by atoms with Gasteiger partial charge in [0.25, 0.3) is 5.91 Å². The van der Waals surface area contributed by atoms with Crippen molar-refractivity contribution in [3.63, 3.8) is 0 Å². The van der Waals surface area contributed by atoms with Crippen molar-refractivity contribution in [3.05, 3.63) is 39.3 Å². The molecule has 1 aromatic heterocycles. The van der Waals surface area contributed by atoms with Gasteiger partial charge in [-0.25, -0.2) is 4.98 Å². The van der Waals surface area contributed by atoms with Gasteiger partial charge < -0.3 is 4.74 Å². The fourth-order valence-corrected chi connectivity index (χ4v) is 2.63. The predicted octanol–water partition coefficient (Wildman–Crippen LogP) is 3.37. The van der Waals surface area contributed by atoms with Crippen molar-refractivity contribution in [2.75, 3.05) is 12.4 Å². The van der Waals surface area contributed by atoms with E-state index in [0.717, 1.165) is 0 Å². The highest BCUT2D eigenvalue weighted by atomic mass is 79.9. The number of aromatic nitrogens is 1. The maximum absolute atomic E-state index is 12.2. The lowest BCUT2D eigenvalue weighted by Crippen LogP contribution is -2.12. The second-order valence-electron chi connectivity index (χ2n) is 3.89. The standard InChI is InChI=1S/C13H11BrN2O3S/c1-7(17)11-6-20-13(15-11)16-12(18)9-5-8(19-2)3-4-10(9)14/h3-6H,1-2H3,(H,15,16,18). The summed E-state index contributed by atoms with van der Waals surface area (Å²) in [5, 5.41) is 4.65. The summed E-state index contributed by atoms with van der Waals surface area (Å²) in [6.07, 6.45) is 0. The smallest absolute Gasteiger partial charge is 0.258 e. The van der Waals surface area contributed by atoms with E-state index in [9.17, 15) is 9.59 Å². The van der Waals surface area contributed by atoms with Crippen molar-refractivity contribution in [2.24, 2.45) is 0 Å². The number of halogens is 1. The molecule has 0 atom stereocenters. The van der Waals surface area contributed by atoms with Crippen molar-refractivity contribution in [2.45, 2.75) is 6.92 Å². The molecular weight excluding hydrogens is 344 g/mol. The van der Waals surface area contributed by atoms with E-state index in [2.05, 4.69) is 26.2 Å². The molecule has 0 radical (unpaired) electrons. The van der Waals surface area contributed by atoms with Crippen molar-refractivity contribution in [3.8, 4) is 5.75 Å². The first kappa shape index (κ1) is 14.7. The van der Waals surface area contributed by atoms with Gasteiger partial charge in [0.2, 0.25) is 0 Å². The molecule has 2 aromatic rings. The first-order chi connectivity index (χ1) is 9.51. The molecule has 0 bridgehead atoms. The molecule has 0 aliphatic carbocycles. The average Bonchev–Trinajstić information content (AvgIpc) is 2.88. The average molecular weight is 355 g/mol. The lowest BCUT2D eigenvalue weighted by Gasteiger charge is -2.06. The van der Waals surface area contributed by atoms with Crippen LogP contribution in [0.1, 0.15) is 27.8 Å². The maximum atomic E-state index is 12.2. The van der Waals surface area contributed by atoms with Crippen LogP contribution in [0.15, 0.2) is 28.1 Å². The van der Waals surface area contributed by atoms with Crippen LogP contribution < -0.4 is 10.1 Å². The van der Waals surface area contributed by atoms with Crippen LogP contribution in [0.25, 0.3) is 0 Å². The molecular formula is C13H11BrN2O3S. The zero-order valence-corrected chi connectivity index (χ0v) is 13.2. The fraction of sp³-hybridized carbons (Fsp3) is 0.154. The van der Waals surface area contributed by atoms with E-state index in [1.54, 1.807) is 23.6 Å². The fourth-order valence-electron chi connectivity index (χ4n) is 1.46. The monoisotopic (exact) mass is 354 g/mol. The minimum atomic E-state index is -0.319. The molecule has 0 saturated heterocycles. The largest absolute Gasteiger partial charge is 0.497 e. The Hall–Kier alpha value is -1.73. The third-order valence-electron chi connectivity index (χ3n) is 2.50. The third-order valence-corrected chi connectivity index (χ3v) is 3.95. The van der Waals surface area contributed by atoms with Crippen LogP contribution in [-0.4, -0.2) is 23.8 Å². The van der Waals surface area contributed by atoms with Crippen LogP contribution in [0.2, 0.25) is 0 Å². The van der Waals surface area contributed by atoms with Gasteiger partial charge >= 0.3 is 0 Å². The molecule has 0 fully saturated rings. The Morgan fingerprint density at radius 1 is 1.40 bits per heavy atom. The number of methoxy groups -OCH3 is 1. The number of benzene rings is 1. The molecule has 1 heterocycles. The Morgan fingerprint density at radius 3 is 2.75 bits per heavy atom. The lowest BCUT2D eigenvalue weighted by atomic mass is 10.2. The number of hydrogen-bond acceptors (Lipinski definition) is 5. The number of ketones is 1. The molecule has 0 aliphatic rings. The van der Waals surface area contributed by atoms with Gasteiger partial charge in [0.05, 0.1) is 12.7 Å². The lowest BCUT2D eigenvalue weighted by molar-refractivity contribution is 0.100. The molecule has 1 aromatic carbocycles. The van der Waals surface area contributed by atoms with Crippen LogP contribution in [-0.2, 0) is 0 Å². The third kappa shape index (κ3) is 3.23. The van der Waals surface area contributed by atoms with Gasteiger partial charge in [-0.3, -0.25) is 14.9 Å². The molecule has 2 rings (SSSR count). The minimum absolute atomic E-state index is 0.135. The van der Waals surface area contributed by atoms with E-state index in [1.165, 1.54) is 25.4 Å². The van der Waals surface area contributed by atoms with E-state index in [4.69, 9.17) is 4.74 Å². The number of nitrogens with zero attached hydrogens (tertiary/aromatic N) is 1. The van der Waals surface area contributed by atoms with Gasteiger partial charge in [0.1, 0.15) is 11.4 Å². The van der Waals surface area contributed by atoms with Crippen molar-refractivity contribution in [1.82, 2.24) is 4.98 Å². The molecule has 0 unspecified atom stereocenters. The number of carbonyl (C=O) groups excluding carboxylic acids is 2. The number of nitrogens with one attached hydrogen (secondary N) is 1. The zero-order valence-electron chi connectivity index (χ0n) is 10.8. The molecule has 104 valence electrons. The van der Waals surface area contributed by atoms with Crippen LogP contribution in [0.3, 0.4) is 0 Å². The SMILES string of the molecule is COc1ccc(Br)c(C(=O)Nc2nc(C(C)=O)cs2)c1. The Balaban J connectivity index is 2.21. The van der Waals surface area contributed by atoms with Crippen molar-refractivity contribution in [1.29, 1.82) is 0 Å². The summed E-state index contributed by atoms with van der Waals surface area (Å²) < 4.78 is 5.74. The quantitative estimate of drug-likeness (QED) is 0.854. The van der Waals surface area contributed by atoms with Crippen LogP contribution in [0.4, 0.5) is 5.13 Å². The first-order valence-electron chi connectivity index (χ1n) is 5.62.